The molecule has 218 valence electrons. The second kappa shape index (κ2) is 10.5. The maximum atomic E-state index is 15.4. The number of aromatic nitrogens is 2. The number of ether oxygens (including phenoxy) is 1. The zero-order chi connectivity index (χ0) is 29.8. The van der Waals surface area contributed by atoms with Crippen molar-refractivity contribution < 1.29 is 23.1 Å². The quantitative estimate of drug-likeness (QED) is 0.380. The average Bonchev–Trinajstić information content (AvgIpc) is 3.38. The van der Waals surface area contributed by atoms with Crippen LogP contribution < -0.4 is 15.4 Å². The fourth-order valence-electron chi connectivity index (χ4n) is 6.25. The van der Waals surface area contributed by atoms with Crippen LogP contribution in [-0.2, 0) is 4.79 Å². The Morgan fingerprint density at radius 1 is 1.05 bits per heavy atom. The van der Waals surface area contributed by atoms with Gasteiger partial charge in [0.2, 0.25) is 5.91 Å². The van der Waals surface area contributed by atoms with Gasteiger partial charge in [-0.2, -0.15) is 5.10 Å². The van der Waals surface area contributed by atoms with Crippen molar-refractivity contribution in [2.45, 2.75) is 58.5 Å². The minimum absolute atomic E-state index is 0.0228. The molecule has 2 aliphatic heterocycles. The Kier molecular flexibility index (Phi) is 6.95. The van der Waals surface area contributed by atoms with Gasteiger partial charge in [0.15, 0.2) is 11.6 Å². The first-order chi connectivity index (χ1) is 20.1. The van der Waals surface area contributed by atoms with Crippen molar-refractivity contribution in [2.24, 2.45) is 10.4 Å². The number of halogens is 2. The first-order valence-corrected chi connectivity index (χ1v) is 14.2. The zero-order valence-corrected chi connectivity index (χ0v) is 24.0. The Balaban J connectivity index is 1.36. The van der Waals surface area contributed by atoms with Gasteiger partial charge in [-0.1, -0.05) is 12.1 Å². The predicted octanol–water partition coefficient (Wildman–Crippen LogP) is 5.68. The lowest BCUT2D eigenvalue weighted by atomic mass is 9.75. The van der Waals surface area contributed by atoms with Crippen LogP contribution in [0.25, 0.3) is 5.57 Å². The number of anilines is 1. The molecule has 0 bridgehead atoms. The van der Waals surface area contributed by atoms with Gasteiger partial charge in [0.05, 0.1) is 13.2 Å². The van der Waals surface area contributed by atoms with Crippen molar-refractivity contribution in [3.63, 3.8) is 0 Å². The highest BCUT2D eigenvalue weighted by Gasteiger charge is 2.59. The maximum Gasteiger partial charge on any atom is 0.270 e. The molecule has 8 nitrogen and oxygen atoms in total. The fraction of sp³-hybridized carbons (Fsp3) is 0.375. The predicted molar refractivity (Wildman–Crippen MR) is 156 cm³/mol. The molecule has 2 aromatic carbocycles. The summed E-state index contributed by atoms with van der Waals surface area (Å²) in [7, 11) is 0. The van der Waals surface area contributed by atoms with E-state index in [0.717, 1.165) is 29.0 Å². The Hall–Kier alpha value is -4.34. The largest absolute Gasteiger partial charge is 0.489 e. The van der Waals surface area contributed by atoms with E-state index in [4.69, 9.17) is 4.74 Å². The molecule has 2 atom stereocenters. The number of aliphatic imine (C=N–C) groups is 1. The number of carbonyl (C=O) groups is 2. The van der Waals surface area contributed by atoms with E-state index < -0.39 is 40.8 Å². The molecule has 10 heteroatoms. The molecule has 0 saturated heterocycles. The van der Waals surface area contributed by atoms with Crippen LogP contribution in [0.15, 0.2) is 59.2 Å². The summed E-state index contributed by atoms with van der Waals surface area (Å²) in [5.74, 6) is -3.51. The van der Waals surface area contributed by atoms with Crippen LogP contribution in [0.5, 0.6) is 5.75 Å². The molecule has 6 rings (SSSR count). The highest BCUT2D eigenvalue weighted by molar-refractivity contribution is 6.25. The first-order valence-electron chi connectivity index (χ1n) is 14.2. The van der Waals surface area contributed by atoms with Crippen LogP contribution >= 0.6 is 0 Å². The third-order valence-corrected chi connectivity index (χ3v) is 8.54. The number of hydrogen-bond acceptors (Lipinski definition) is 5. The van der Waals surface area contributed by atoms with Gasteiger partial charge in [-0.25, -0.2) is 8.78 Å². The maximum absolute atomic E-state index is 15.4. The van der Waals surface area contributed by atoms with Crippen LogP contribution in [0, 0.1) is 17.0 Å². The smallest absolute Gasteiger partial charge is 0.270 e. The molecule has 1 unspecified atom stereocenters. The molecule has 1 aromatic heterocycles. The summed E-state index contributed by atoms with van der Waals surface area (Å²) in [4.78, 5) is 32.2. The molecule has 1 fully saturated rings. The van der Waals surface area contributed by atoms with Crippen LogP contribution in [0.3, 0.4) is 0 Å². The average molecular weight is 574 g/mol. The van der Waals surface area contributed by atoms with E-state index in [1.54, 1.807) is 22.9 Å². The SMILES string of the molecule is CC1=NCC(C)=C1c1ccc(NC(=O)[C@@H](NC(=O)c2ccnn2C(C)C)C2c3c(F)ccc(F)c3OCC23CC3)cc1. The van der Waals surface area contributed by atoms with E-state index in [2.05, 4.69) is 20.7 Å². The van der Waals surface area contributed by atoms with Gasteiger partial charge >= 0.3 is 0 Å². The number of rotatable bonds is 7. The minimum Gasteiger partial charge on any atom is -0.489 e. The molecule has 2 N–H and O–H groups in total. The number of amides is 2. The Morgan fingerprint density at radius 3 is 2.40 bits per heavy atom. The van der Waals surface area contributed by atoms with Crippen molar-refractivity contribution in [2.75, 3.05) is 18.5 Å². The van der Waals surface area contributed by atoms with Crippen molar-refractivity contribution in [1.29, 1.82) is 0 Å². The van der Waals surface area contributed by atoms with E-state index in [1.807, 2.05) is 39.8 Å². The zero-order valence-electron chi connectivity index (χ0n) is 24.0. The fourth-order valence-corrected chi connectivity index (χ4v) is 6.25. The molecule has 2 amide bonds. The van der Waals surface area contributed by atoms with Crippen molar-refractivity contribution in [3.8, 4) is 5.75 Å². The second-order valence-electron chi connectivity index (χ2n) is 11.7. The summed E-state index contributed by atoms with van der Waals surface area (Å²) < 4.78 is 37.6. The van der Waals surface area contributed by atoms with Crippen molar-refractivity contribution in [3.05, 3.63) is 82.7 Å². The van der Waals surface area contributed by atoms with Gasteiger partial charge < -0.3 is 15.4 Å². The van der Waals surface area contributed by atoms with Gasteiger partial charge in [-0.15, -0.1) is 0 Å². The monoisotopic (exact) mass is 573 g/mol. The van der Waals surface area contributed by atoms with E-state index in [1.165, 1.54) is 11.8 Å². The van der Waals surface area contributed by atoms with Crippen molar-refractivity contribution >= 4 is 28.8 Å². The summed E-state index contributed by atoms with van der Waals surface area (Å²) >= 11 is 0. The van der Waals surface area contributed by atoms with Gasteiger partial charge in [0.1, 0.15) is 17.6 Å². The molecular weight excluding hydrogens is 540 g/mol. The lowest BCUT2D eigenvalue weighted by molar-refractivity contribution is -0.119. The summed E-state index contributed by atoms with van der Waals surface area (Å²) in [6, 6.07) is 9.70. The number of carbonyl (C=O) groups excluding carboxylic acids is 2. The number of nitrogens with one attached hydrogen (secondary N) is 2. The van der Waals surface area contributed by atoms with Gasteiger partial charge in [0, 0.05) is 46.1 Å². The molecule has 1 spiro atoms. The Morgan fingerprint density at radius 2 is 1.76 bits per heavy atom. The minimum atomic E-state index is -1.22. The number of fused-ring (bicyclic) bond motifs is 1. The van der Waals surface area contributed by atoms with E-state index in [-0.39, 0.29) is 29.7 Å². The van der Waals surface area contributed by atoms with Gasteiger partial charge in [-0.3, -0.25) is 19.3 Å². The van der Waals surface area contributed by atoms with Gasteiger partial charge in [-0.05, 0) is 82.0 Å². The molecule has 3 heterocycles. The standard InChI is InChI=1S/C32H33F2N5O3/c1-17(2)39-24(11-14-36-39)30(40)38-28(27-26-22(33)9-10-23(34)29(26)42-16-32(27)12-13-32)31(41)37-21-7-5-20(6-8-21)25-18(3)15-35-19(25)4/h5-11,14,17,27-28H,12-13,15-16H2,1-4H3,(H,37,41)(H,38,40)/t27?,28-/m0/s1. The van der Waals surface area contributed by atoms with Crippen LogP contribution in [-0.4, -0.2) is 46.5 Å². The third-order valence-electron chi connectivity index (χ3n) is 8.54. The van der Waals surface area contributed by atoms with E-state index in [0.29, 0.717) is 25.1 Å². The molecule has 3 aliphatic rings. The Bertz CT molecular complexity index is 1640. The molecule has 0 radical (unpaired) electrons. The first kappa shape index (κ1) is 27.8. The van der Waals surface area contributed by atoms with Crippen LogP contribution in [0.4, 0.5) is 14.5 Å². The molecule has 1 aliphatic carbocycles. The number of benzene rings is 2. The highest BCUT2D eigenvalue weighted by Crippen LogP contribution is 2.62. The second-order valence-corrected chi connectivity index (χ2v) is 11.7. The number of nitrogens with zero attached hydrogens (tertiary/aromatic N) is 3. The molecule has 1 saturated carbocycles. The van der Waals surface area contributed by atoms with Crippen molar-refractivity contribution in [1.82, 2.24) is 15.1 Å². The van der Waals surface area contributed by atoms with Crippen LogP contribution in [0.1, 0.15) is 74.1 Å². The molecule has 3 aromatic rings. The summed E-state index contributed by atoms with van der Waals surface area (Å²) in [5, 5.41) is 10.0. The van der Waals surface area contributed by atoms with E-state index in [9.17, 15) is 14.0 Å². The van der Waals surface area contributed by atoms with Crippen LogP contribution in [0.2, 0.25) is 0 Å². The highest BCUT2D eigenvalue weighted by atomic mass is 19.1. The van der Waals surface area contributed by atoms with E-state index >= 15 is 4.39 Å². The summed E-state index contributed by atoms with van der Waals surface area (Å²) in [6.07, 6.45) is 2.82. The summed E-state index contributed by atoms with van der Waals surface area (Å²) in [6.45, 7) is 8.59. The molecular formula is C32H33F2N5O3. The number of allylic oxidation sites excluding steroid dienone is 1. The van der Waals surface area contributed by atoms with Gasteiger partial charge in [0.25, 0.3) is 5.91 Å². The Labute approximate surface area is 242 Å². The topological polar surface area (TPSA) is 97.6 Å². The number of hydrogen-bond donors (Lipinski definition) is 2. The molecule has 42 heavy (non-hydrogen) atoms. The summed E-state index contributed by atoms with van der Waals surface area (Å²) in [5.41, 5.74) is 4.37. The third kappa shape index (κ3) is 4.78. The lowest BCUT2D eigenvalue weighted by Crippen LogP contribution is -2.52. The lowest BCUT2D eigenvalue weighted by Gasteiger charge is -2.38. The normalized spacial score (nSPS) is 19.3.